The van der Waals surface area contributed by atoms with Crippen molar-refractivity contribution >= 4 is 5.65 Å². The van der Waals surface area contributed by atoms with Crippen molar-refractivity contribution in [3.8, 4) is 0 Å². The number of aromatic nitrogens is 2. The topological polar surface area (TPSA) is 17.3 Å². The molecule has 0 aromatic carbocycles. The van der Waals surface area contributed by atoms with Crippen molar-refractivity contribution in [2.45, 2.75) is 60.8 Å². The van der Waals surface area contributed by atoms with E-state index in [1.165, 1.54) is 28.1 Å². The highest BCUT2D eigenvalue weighted by atomic mass is 15.0. The standard InChI is InChI=1S/C16H24N2/c1-9-10(2)13(5)18-14(16(6,7)8)12(4)17-15(18)11(9)3/h1-8H3. The SMILES string of the molecule is Cc1nc2c(C)c(C)c(C)c(C)n2c1C(C)(C)C. The van der Waals surface area contributed by atoms with Crippen LogP contribution in [0.1, 0.15) is 54.5 Å². The lowest BCUT2D eigenvalue weighted by Gasteiger charge is -2.22. The Morgan fingerprint density at radius 1 is 0.833 bits per heavy atom. The van der Waals surface area contributed by atoms with E-state index in [4.69, 9.17) is 4.98 Å². The van der Waals surface area contributed by atoms with Gasteiger partial charge in [-0.3, -0.25) is 0 Å². The third kappa shape index (κ3) is 1.66. The van der Waals surface area contributed by atoms with Gasteiger partial charge in [0.1, 0.15) is 5.65 Å². The third-order valence-corrected chi connectivity index (χ3v) is 4.10. The number of hydrogen-bond acceptors (Lipinski definition) is 1. The fraction of sp³-hybridized carbons (Fsp3) is 0.562. The van der Waals surface area contributed by atoms with E-state index in [0.717, 1.165) is 11.3 Å². The van der Waals surface area contributed by atoms with Gasteiger partial charge >= 0.3 is 0 Å². The summed E-state index contributed by atoms with van der Waals surface area (Å²) in [4.78, 5) is 4.80. The van der Waals surface area contributed by atoms with Gasteiger partial charge in [0, 0.05) is 11.1 Å². The first kappa shape index (κ1) is 13.1. The van der Waals surface area contributed by atoms with Crippen LogP contribution < -0.4 is 0 Å². The smallest absolute Gasteiger partial charge is 0.140 e. The first-order valence-electron chi connectivity index (χ1n) is 6.62. The Morgan fingerprint density at radius 2 is 1.39 bits per heavy atom. The van der Waals surface area contributed by atoms with Gasteiger partial charge in [0.05, 0.1) is 11.4 Å². The minimum atomic E-state index is 0.113. The molecule has 0 spiro atoms. The van der Waals surface area contributed by atoms with Crippen LogP contribution in [0.15, 0.2) is 0 Å². The number of nitrogens with zero attached hydrogens (tertiary/aromatic N) is 2. The van der Waals surface area contributed by atoms with Crippen LogP contribution in [0.3, 0.4) is 0 Å². The third-order valence-electron chi connectivity index (χ3n) is 4.10. The molecule has 2 rings (SSSR count). The van der Waals surface area contributed by atoms with Crippen LogP contribution >= 0.6 is 0 Å². The summed E-state index contributed by atoms with van der Waals surface area (Å²) in [5.41, 5.74) is 9.09. The van der Waals surface area contributed by atoms with E-state index in [1.807, 2.05) is 0 Å². The van der Waals surface area contributed by atoms with E-state index in [0.29, 0.717) is 0 Å². The van der Waals surface area contributed by atoms with Crippen molar-refractivity contribution in [2.24, 2.45) is 0 Å². The highest BCUT2D eigenvalue weighted by Gasteiger charge is 2.24. The maximum atomic E-state index is 4.80. The molecule has 0 unspecified atom stereocenters. The Morgan fingerprint density at radius 3 is 1.89 bits per heavy atom. The van der Waals surface area contributed by atoms with Crippen LogP contribution in [-0.4, -0.2) is 9.38 Å². The molecule has 0 aliphatic carbocycles. The summed E-state index contributed by atoms with van der Waals surface area (Å²) in [5, 5.41) is 0. The monoisotopic (exact) mass is 244 g/mol. The summed E-state index contributed by atoms with van der Waals surface area (Å²) in [6.45, 7) is 17.7. The lowest BCUT2D eigenvalue weighted by atomic mass is 9.90. The van der Waals surface area contributed by atoms with Gasteiger partial charge in [-0.05, 0) is 51.3 Å². The molecule has 18 heavy (non-hydrogen) atoms. The van der Waals surface area contributed by atoms with E-state index in [-0.39, 0.29) is 5.41 Å². The first-order chi connectivity index (χ1) is 8.16. The van der Waals surface area contributed by atoms with Gasteiger partial charge in [0.25, 0.3) is 0 Å². The number of aryl methyl sites for hydroxylation is 3. The zero-order valence-corrected chi connectivity index (χ0v) is 12.9. The van der Waals surface area contributed by atoms with Crippen molar-refractivity contribution in [1.82, 2.24) is 9.38 Å². The number of imidazole rings is 1. The minimum Gasteiger partial charge on any atom is -0.300 e. The maximum absolute atomic E-state index is 4.80. The number of rotatable bonds is 0. The quantitative estimate of drug-likeness (QED) is 0.679. The van der Waals surface area contributed by atoms with Crippen molar-refractivity contribution in [3.05, 3.63) is 33.8 Å². The molecule has 2 aromatic heterocycles. The van der Waals surface area contributed by atoms with E-state index < -0.39 is 0 Å². The van der Waals surface area contributed by atoms with Gasteiger partial charge in [0.15, 0.2) is 0 Å². The molecule has 0 saturated heterocycles. The van der Waals surface area contributed by atoms with Crippen molar-refractivity contribution < 1.29 is 0 Å². The second kappa shape index (κ2) is 3.84. The molecular formula is C16H24N2. The summed E-state index contributed by atoms with van der Waals surface area (Å²) < 4.78 is 2.35. The maximum Gasteiger partial charge on any atom is 0.140 e. The fourth-order valence-corrected chi connectivity index (χ4v) is 2.87. The molecule has 0 atom stereocenters. The molecule has 0 bridgehead atoms. The summed E-state index contributed by atoms with van der Waals surface area (Å²) in [7, 11) is 0. The lowest BCUT2D eigenvalue weighted by molar-refractivity contribution is 0.556. The molecule has 2 heteroatoms. The van der Waals surface area contributed by atoms with E-state index in [2.05, 4.69) is 59.8 Å². The average molecular weight is 244 g/mol. The Balaban J connectivity index is 3.04. The second-order valence-electron chi connectivity index (χ2n) is 6.42. The van der Waals surface area contributed by atoms with Gasteiger partial charge in [-0.25, -0.2) is 4.98 Å². The average Bonchev–Trinajstić information content (AvgIpc) is 2.61. The molecule has 0 radical (unpaired) electrons. The molecule has 2 heterocycles. The van der Waals surface area contributed by atoms with Gasteiger partial charge < -0.3 is 4.40 Å². The molecular weight excluding hydrogens is 220 g/mol. The molecule has 0 aliphatic rings. The molecule has 2 aromatic rings. The van der Waals surface area contributed by atoms with Gasteiger partial charge in [-0.2, -0.15) is 0 Å². The van der Waals surface area contributed by atoms with Crippen molar-refractivity contribution in [3.63, 3.8) is 0 Å². The highest BCUT2D eigenvalue weighted by molar-refractivity contribution is 5.58. The molecule has 0 saturated carbocycles. The van der Waals surface area contributed by atoms with E-state index in [9.17, 15) is 0 Å². The van der Waals surface area contributed by atoms with Crippen LogP contribution in [0.2, 0.25) is 0 Å². The largest absolute Gasteiger partial charge is 0.300 e. The predicted molar refractivity (Wildman–Crippen MR) is 77.6 cm³/mol. The second-order valence-corrected chi connectivity index (χ2v) is 6.42. The van der Waals surface area contributed by atoms with Crippen molar-refractivity contribution in [1.29, 1.82) is 0 Å². The van der Waals surface area contributed by atoms with Crippen LogP contribution in [0.4, 0.5) is 0 Å². The zero-order valence-electron chi connectivity index (χ0n) is 12.9. The van der Waals surface area contributed by atoms with Gasteiger partial charge in [-0.15, -0.1) is 0 Å². The Hall–Kier alpha value is -1.31. The first-order valence-corrected chi connectivity index (χ1v) is 6.62. The summed E-state index contributed by atoms with van der Waals surface area (Å²) >= 11 is 0. The molecule has 2 nitrogen and oxygen atoms in total. The Labute approximate surface area is 110 Å². The van der Waals surface area contributed by atoms with Crippen LogP contribution in [0, 0.1) is 34.6 Å². The Kier molecular flexibility index (Phi) is 2.80. The Bertz CT molecular complexity index is 625. The van der Waals surface area contributed by atoms with Crippen LogP contribution in [-0.2, 0) is 5.41 Å². The van der Waals surface area contributed by atoms with Crippen molar-refractivity contribution in [2.75, 3.05) is 0 Å². The summed E-state index contributed by atoms with van der Waals surface area (Å²) in [6, 6.07) is 0. The predicted octanol–water partition coefficient (Wildman–Crippen LogP) is 4.17. The lowest BCUT2D eigenvalue weighted by Crippen LogP contribution is -2.17. The van der Waals surface area contributed by atoms with Crippen LogP contribution in [0.25, 0.3) is 5.65 Å². The van der Waals surface area contributed by atoms with E-state index >= 15 is 0 Å². The summed E-state index contributed by atoms with van der Waals surface area (Å²) in [5.74, 6) is 0. The normalized spacial score (nSPS) is 12.4. The molecule has 0 aliphatic heterocycles. The zero-order chi connectivity index (χ0) is 13.8. The molecule has 0 amide bonds. The minimum absolute atomic E-state index is 0.113. The molecule has 0 fully saturated rings. The van der Waals surface area contributed by atoms with E-state index in [1.54, 1.807) is 0 Å². The summed E-state index contributed by atoms with van der Waals surface area (Å²) in [6.07, 6.45) is 0. The van der Waals surface area contributed by atoms with Gasteiger partial charge in [-0.1, -0.05) is 20.8 Å². The highest BCUT2D eigenvalue weighted by Crippen LogP contribution is 2.31. The van der Waals surface area contributed by atoms with Gasteiger partial charge in [0.2, 0.25) is 0 Å². The number of pyridine rings is 1. The number of hydrogen-bond donors (Lipinski definition) is 0. The number of fused-ring (bicyclic) bond motifs is 1. The molecule has 98 valence electrons. The fourth-order valence-electron chi connectivity index (χ4n) is 2.87. The van der Waals surface area contributed by atoms with Crippen LogP contribution in [0.5, 0.6) is 0 Å². The molecule has 0 N–H and O–H groups in total.